The number of amides is 1. The highest BCUT2D eigenvalue weighted by Crippen LogP contribution is 2.32. The molecule has 1 aliphatic carbocycles. The molecule has 1 saturated heterocycles. The molecule has 5 rings (SSSR count). The SMILES string of the molecule is COCC1(O)CCN(C(=O)C(CC2=CCc3ccccc32)Nc2ccc(Nc3ccncc3)cc2)CC1. The van der Waals surface area contributed by atoms with Gasteiger partial charge in [-0.2, -0.15) is 0 Å². The highest BCUT2D eigenvalue weighted by atomic mass is 16.5. The van der Waals surface area contributed by atoms with Gasteiger partial charge in [-0.3, -0.25) is 9.78 Å². The Bertz CT molecular complexity index is 1240. The summed E-state index contributed by atoms with van der Waals surface area (Å²) in [6, 6.07) is 19.8. The van der Waals surface area contributed by atoms with Crippen molar-refractivity contribution in [1.82, 2.24) is 9.88 Å². The Hall–Kier alpha value is -3.68. The monoisotopic (exact) mass is 498 g/mol. The Balaban J connectivity index is 1.31. The molecule has 2 heterocycles. The second-order valence-corrected chi connectivity index (χ2v) is 9.91. The van der Waals surface area contributed by atoms with Crippen LogP contribution >= 0.6 is 0 Å². The van der Waals surface area contributed by atoms with Gasteiger partial charge in [0.05, 0.1) is 12.2 Å². The minimum absolute atomic E-state index is 0.0590. The summed E-state index contributed by atoms with van der Waals surface area (Å²) in [6.45, 7) is 1.32. The van der Waals surface area contributed by atoms with Crippen molar-refractivity contribution in [3.05, 3.63) is 90.3 Å². The Kier molecular flexibility index (Phi) is 7.53. The van der Waals surface area contributed by atoms with Crippen molar-refractivity contribution in [1.29, 1.82) is 0 Å². The van der Waals surface area contributed by atoms with E-state index in [4.69, 9.17) is 4.74 Å². The number of methoxy groups -OCH3 is 1. The van der Waals surface area contributed by atoms with Crippen molar-refractivity contribution in [3.63, 3.8) is 0 Å². The van der Waals surface area contributed by atoms with Crippen LogP contribution in [0.15, 0.2) is 79.1 Å². The number of fused-ring (bicyclic) bond motifs is 1. The fourth-order valence-corrected chi connectivity index (χ4v) is 5.20. The second kappa shape index (κ2) is 11.2. The number of likely N-dealkylation sites (tertiary alicyclic amines) is 1. The molecule has 1 unspecified atom stereocenters. The summed E-state index contributed by atoms with van der Waals surface area (Å²) in [7, 11) is 1.60. The quantitative estimate of drug-likeness (QED) is 0.399. The third-order valence-corrected chi connectivity index (χ3v) is 7.27. The number of allylic oxidation sites excluding steroid dienone is 1. The molecule has 0 radical (unpaired) electrons. The molecule has 0 spiro atoms. The number of rotatable bonds is 9. The predicted octanol–water partition coefficient (Wildman–Crippen LogP) is 4.64. The lowest BCUT2D eigenvalue weighted by Crippen LogP contribution is -2.52. The average molecular weight is 499 g/mol. The molecule has 1 fully saturated rings. The van der Waals surface area contributed by atoms with E-state index in [0.717, 1.165) is 23.5 Å². The molecular weight excluding hydrogens is 464 g/mol. The largest absolute Gasteiger partial charge is 0.387 e. The maximum Gasteiger partial charge on any atom is 0.245 e. The lowest BCUT2D eigenvalue weighted by Gasteiger charge is -2.39. The van der Waals surface area contributed by atoms with Gasteiger partial charge in [-0.1, -0.05) is 30.3 Å². The van der Waals surface area contributed by atoms with E-state index in [9.17, 15) is 9.90 Å². The number of ether oxygens (including phenoxy) is 1. The zero-order valence-corrected chi connectivity index (χ0v) is 21.2. The van der Waals surface area contributed by atoms with Crippen LogP contribution < -0.4 is 10.6 Å². The van der Waals surface area contributed by atoms with Crippen LogP contribution in [0.1, 0.15) is 30.4 Å². The predicted molar refractivity (Wildman–Crippen MR) is 147 cm³/mol. The molecule has 192 valence electrons. The van der Waals surface area contributed by atoms with E-state index in [1.165, 1.54) is 16.7 Å². The van der Waals surface area contributed by atoms with E-state index < -0.39 is 11.6 Å². The summed E-state index contributed by atoms with van der Waals surface area (Å²) < 4.78 is 5.19. The first-order valence-electron chi connectivity index (χ1n) is 12.8. The lowest BCUT2D eigenvalue weighted by atomic mass is 9.91. The summed E-state index contributed by atoms with van der Waals surface area (Å²) in [5, 5.41) is 17.6. The maximum absolute atomic E-state index is 13.8. The molecule has 7 heteroatoms. The molecule has 2 aliphatic rings. The number of nitrogens with zero attached hydrogens (tertiary/aromatic N) is 2. The molecule has 1 atom stereocenters. The number of aliphatic hydroxyl groups is 1. The fraction of sp³-hybridized carbons (Fsp3) is 0.333. The van der Waals surface area contributed by atoms with Crippen molar-refractivity contribution < 1.29 is 14.6 Å². The first-order valence-corrected chi connectivity index (χ1v) is 12.8. The summed E-state index contributed by atoms with van der Waals surface area (Å²) in [6.07, 6.45) is 8.27. The van der Waals surface area contributed by atoms with Gasteiger partial charge in [0.25, 0.3) is 0 Å². The number of carbonyl (C=O) groups is 1. The van der Waals surface area contributed by atoms with E-state index in [1.807, 2.05) is 41.3 Å². The maximum atomic E-state index is 13.8. The minimum atomic E-state index is -0.862. The van der Waals surface area contributed by atoms with Gasteiger partial charge in [-0.05, 0) is 72.4 Å². The molecular formula is C30H34N4O3. The van der Waals surface area contributed by atoms with Crippen LogP contribution in [0.4, 0.5) is 17.1 Å². The molecule has 3 N–H and O–H groups in total. The van der Waals surface area contributed by atoms with Crippen molar-refractivity contribution in [2.24, 2.45) is 0 Å². The molecule has 1 amide bonds. The summed E-state index contributed by atoms with van der Waals surface area (Å²) >= 11 is 0. The van der Waals surface area contributed by atoms with Gasteiger partial charge < -0.3 is 25.4 Å². The van der Waals surface area contributed by atoms with Gasteiger partial charge in [0.2, 0.25) is 5.91 Å². The number of benzene rings is 2. The number of pyridine rings is 1. The number of hydrogen-bond donors (Lipinski definition) is 3. The molecule has 2 aromatic carbocycles. The zero-order chi connectivity index (χ0) is 25.7. The molecule has 37 heavy (non-hydrogen) atoms. The van der Waals surface area contributed by atoms with Crippen molar-refractivity contribution in [2.75, 3.05) is 37.4 Å². The number of nitrogens with one attached hydrogen (secondary N) is 2. The topological polar surface area (TPSA) is 86.7 Å². The first kappa shape index (κ1) is 25.0. The number of hydrogen-bond acceptors (Lipinski definition) is 6. The smallest absolute Gasteiger partial charge is 0.245 e. The lowest BCUT2D eigenvalue weighted by molar-refractivity contribution is -0.138. The third kappa shape index (κ3) is 6.01. The van der Waals surface area contributed by atoms with Crippen molar-refractivity contribution in [3.8, 4) is 0 Å². The Morgan fingerprint density at radius 1 is 1.03 bits per heavy atom. The van der Waals surface area contributed by atoms with Gasteiger partial charge in [-0.25, -0.2) is 0 Å². The Morgan fingerprint density at radius 2 is 1.70 bits per heavy atom. The van der Waals surface area contributed by atoms with Crippen molar-refractivity contribution >= 4 is 28.5 Å². The third-order valence-electron chi connectivity index (χ3n) is 7.27. The Labute approximate surface area is 218 Å². The molecule has 1 aliphatic heterocycles. The fourth-order valence-electron chi connectivity index (χ4n) is 5.20. The zero-order valence-electron chi connectivity index (χ0n) is 21.2. The van der Waals surface area contributed by atoms with E-state index in [0.29, 0.717) is 39.0 Å². The van der Waals surface area contributed by atoms with Crippen LogP contribution in [0.3, 0.4) is 0 Å². The first-order chi connectivity index (χ1) is 18.0. The van der Waals surface area contributed by atoms with Gasteiger partial charge in [0, 0.05) is 56.1 Å². The van der Waals surface area contributed by atoms with Crippen LogP contribution in [0.5, 0.6) is 0 Å². The normalized spacial score (nSPS) is 17.0. The van der Waals surface area contributed by atoms with Gasteiger partial charge in [-0.15, -0.1) is 0 Å². The highest BCUT2D eigenvalue weighted by molar-refractivity contribution is 5.88. The van der Waals surface area contributed by atoms with Gasteiger partial charge in [0.15, 0.2) is 0 Å². The molecule has 3 aromatic rings. The van der Waals surface area contributed by atoms with E-state index in [2.05, 4.69) is 46.0 Å². The summed E-state index contributed by atoms with van der Waals surface area (Å²) in [5.74, 6) is 0.0590. The van der Waals surface area contributed by atoms with Crippen LogP contribution in [-0.2, 0) is 16.0 Å². The molecule has 0 bridgehead atoms. The standard InChI is InChI=1S/C30H34N4O3/c1-37-21-30(36)14-18-34(19-15-30)29(35)28(20-23-7-6-22-4-2-3-5-27(22)23)33-25-10-8-24(9-11-25)32-26-12-16-31-17-13-26/h2-5,7-13,16-17,28,33,36H,6,14-15,18-21H2,1H3,(H,31,32). The van der Waals surface area contributed by atoms with E-state index >= 15 is 0 Å². The van der Waals surface area contributed by atoms with Crippen LogP contribution in [0, 0.1) is 0 Å². The average Bonchev–Trinajstić information content (AvgIpc) is 3.33. The molecule has 7 nitrogen and oxygen atoms in total. The van der Waals surface area contributed by atoms with E-state index in [1.54, 1.807) is 19.5 Å². The second-order valence-electron chi connectivity index (χ2n) is 9.91. The van der Waals surface area contributed by atoms with E-state index in [-0.39, 0.29) is 5.91 Å². The van der Waals surface area contributed by atoms with Gasteiger partial charge >= 0.3 is 0 Å². The van der Waals surface area contributed by atoms with Crippen LogP contribution in [0.2, 0.25) is 0 Å². The number of anilines is 3. The number of aromatic nitrogens is 1. The van der Waals surface area contributed by atoms with Crippen molar-refractivity contribution in [2.45, 2.75) is 37.3 Å². The summed E-state index contributed by atoms with van der Waals surface area (Å²) in [4.78, 5) is 19.7. The number of piperidine rings is 1. The Morgan fingerprint density at radius 3 is 2.43 bits per heavy atom. The molecule has 0 saturated carbocycles. The summed E-state index contributed by atoms with van der Waals surface area (Å²) in [5.41, 5.74) is 5.68. The minimum Gasteiger partial charge on any atom is -0.387 e. The molecule has 1 aromatic heterocycles. The highest BCUT2D eigenvalue weighted by Gasteiger charge is 2.36. The van der Waals surface area contributed by atoms with Crippen LogP contribution in [-0.4, -0.2) is 59.3 Å². The van der Waals surface area contributed by atoms with Gasteiger partial charge in [0.1, 0.15) is 6.04 Å². The number of carbonyl (C=O) groups excluding carboxylic acids is 1. The van der Waals surface area contributed by atoms with Crippen LogP contribution in [0.25, 0.3) is 5.57 Å².